The van der Waals surface area contributed by atoms with Crippen LogP contribution in [0.3, 0.4) is 0 Å². The van der Waals surface area contributed by atoms with E-state index in [4.69, 9.17) is 20.9 Å². The van der Waals surface area contributed by atoms with Crippen molar-refractivity contribution < 1.29 is 14.1 Å². The van der Waals surface area contributed by atoms with Gasteiger partial charge in [-0.25, -0.2) is 0 Å². The van der Waals surface area contributed by atoms with Crippen molar-refractivity contribution in [3.8, 4) is 11.4 Å². The first-order valence-electron chi connectivity index (χ1n) is 7.08. The number of pyridine rings is 1. The quantitative estimate of drug-likeness (QED) is 0.900. The highest BCUT2D eigenvalue weighted by Gasteiger charge is 2.21. The predicted octanol–water partition coefficient (Wildman–Crippen LogP) is 2.12. The fraction of sp³-hybridized carbons (Fsp3) is 0.333. The van der Waals surface area contributed by atoms with Crippen LogP contribution in [0.15, 0.2) is 16.8 Å². The number of methoxy groups -OCH3 is 1. The molecule has 1 N–H and O–H groups in total. The molecule has 1 aliphatic carbocycles. The van der Waals surface area contributed by atoms with E-state index >= 15 is 0 Å². The van der Waals surface area contributed by atoms with Gasteiger partial charge in [-0.3, -0.25) is 9.78 Å². The molecule has 1 atom stereocenters. The molecule has 0 aromatic carbocycles. The summed E-state index contributed by atoms with van der Waals surface area (Å²) in [6.07, 6.45) is 6.24. The number of carbonyl (C=O) groups is 1. The minimum absolute atomic E-state index is 0.130. The lowest BCUT2D eigenvalue weighted by Crippen LogP contribution is -2.35. The van der Waals surface area contributed by atoms with E-state index in [1.54, 1.807) is 13.3 Å². The third-order valence-corrected chi connectivity index (χ3v) is 3.79. The molecule has 23 heavy (non-hydrogen) atoms. The summed E-state index contributed by atoms with van der Waals surface area (Å²) in [6.45, 7) is 2.20. The molecule has 1 unspecified atom stereocenters. The molecule has 0 spiro atoms. The van der Waals surface area contributed by atoms with Crippen molar-refractivity contribution >= 4 is 23.6 Å². The third-order valence-electron chi connectivity index (χ3n) is 3.38. The Morgan fingerprint density at radius 2 is 2.39 bits per heavy atom. The second-order valence-electron chi connectivity index (χ2n) is 5.21. The number of fused-ring (bicyclic) bond motifs is 1. The highest BCUT2D eigenvalue weighted by Crippen LogP contribution is 2.33. The molecular weight excluding hydrogens is 320 g/mol. The molecule has 3 rings (SSSR count). The van der Waals surface area contributed by atoms with Gasteiger partial charge in [0.25, 0.3) is 0 Å². The summed E-state index contributed by atoms with van der Waals surface area (Å²) in [4.78, 5) is 20.5. The maximum absolute atomic E-state index is 12.0. The van der Waals surface area contributed by atoms with Gasteiger partial charge in [0, 0.05) is 31.3 Å². The fourth-order valence-corrected chi connectivity index (χ4v) is 2.62. The van der Waals surface area contributed by atoms with Gasteiger partial charge in [0.2, 0.25) is 5.82 Å². The largest absolute Gasteiger partial charge is 0.383 e. The lowest BCUT2D eigenvalue weighted by atomic mass is 10.1. The van der Waals surface area contributed by atoms with E-state index in [0.29, 0.717) is 17.2 Å². The molecular formula is C15H15ClN4O3. The maximum Gasteiger partial charge on any atom is 0.316 e. The zero-order valence-electron chi connectivity index (χ0n) is 12.7. The number of ether oxygens (including phenoxy) is 1. The Morgan fingerprint density at radius 1 is 1.57 bits per heavy atom. The summed E-state index contributed by atoms with van der Waals surface area (Å²) >= 11 is 6.37. The van der Waals surface area contributed by atoms with Crippen molar-refractivity contribution in [3.63, 3.8) is 0 Å². The number of aromatic nitrogens is 3. The number of amides is 1. The van der Waals surface area contributed by atoms with Crippen LogP contribution in [-0.4, -0.2) is 40.8 Å². The van der Waals surface area contributed by atoms with Crippen LogP contribution in [0.5, 0.6) is 0 Å². The van der Waals surface area contributed by atoms with Crippen LogP contribution in [0.4, 0.5) is 0 Å². The topological polar surface area (TPSA) is 90.1 Å². The smallest absolute Gasteiger partial charge is 0.316 e. The van der Waals surface area contributed by atoms with Gasteiger partial charge in [-0.15, -0.1) is 0 Å². The van der Waals surface area contributed by atoms with E-state index < -0.39 is 5.91 Å². The summed E-state index contributed by atoms with van der Waals surface area (Å²) in [6, 6.07) is -0.168. The van der Waals surface area contributed by atoms with Crippen LogP contribution in [0.2, 0.25) is 5.02 Å². The average Bonchev–Trinajstić information content (AvgIpc) is 3.17. The summed E-state index contributed by atoms with van der Waals surface area (Å²) in [5.41, 5.74) is 2.30. The summed E-state index contributed by atoms with van der Waals surface area (Å²) in [5.74, 6) is -0.358. The Balaban J connectivity index is 1.83. The Morgan fingerprint density at radius 3 is 3.17 bits per heavy atom. The van der Waals surface area contributed by atoms with E-state index in [0.717, 1.165) is 17.7 Å². The number of hydrogen-bond acceptors (Lipinski definition) is 6. The molecule has 8 heteroatoms. The molecule has 0 fully saturated rings. The summed E-state index contributed by atoms with van der Waals surface area (Å²) in [5, 5.41) is 7.02. The molecule has 0 bridgehead atoms. The average molecular weight is 335 g/mol. The predicted molar refractivity (Wildman–Crippen MR) is 84.1 cm³/mol. The van der Waals surface area contributed by atoms with Gasteiger partial charge >= 0.3 is 11.8 Å². The van der Waals surface area contributed by atoms with Crippen molar-refractivity contribution in [2.75, 3.05) is 13.7 Å². The number of nitrogens with zero attached hydrogens (tertiary/aromatic N) is 3. The molecule has 7 nitrogen and oxygen atoms in total. The Kier molecular flexibility index (Phi) is 4.40. The molecule has 0 saturated heterocycles. The number of rotatable bonds is 5. The Labute approximate surface area is 137 Å². The molecule has 1 amide bonds. The Bertz CT molecular complexity index is 772. The SMILES string of the molecule is COCC(C)NC(=O)c1nc(-c2cnc3c(c2Cl)C=CC3)no1. The van der Waals surface area contributed by atoms with Crippen molar-refractivity contribution in [2.24, 2.45) is 0 Å². The van der Waals surface area contributed by atoms with Crippen molar-refractivity contribution in [2.45, 2.75) is 19.4 Å². The van der Waals surface area contributed by atoms with Crippen LogP contribution in [0, 0.1) is 0 Å². The first-order valence-corrected chi connectivity index (χ1v) is 7.45. The fourth-order valence-electron chi connectivity index (χ4n) is 2.32. The molecule has 1 aliphatic rings. The van der Waals surface area contributed by atoms with Gasteiger partial charge in [0.05, 0.1) is 22.9 Å². The highest BCUT2D eigenvalue weighted by molar-refractivity contribution is 6.34. The number of halogens is 1. The standard InChI is InChI=1S/C15H15ClN4O3/c1-8(7-22-2)18-14(21)15-19-13(20-23-15)10-6-17-11-5-3-4-9(11)12(10)16/h3-4,6,8H,5,7H2,1-2H3,(H,18,21). The number of nitrogens with one attached hydrogen (secondary N) is 1. The third kappa shape index (κ3) is 3.11. The lowest BCUT2D eigenvalue weighted by Gasteiger charge is -2.10. The van der Waals surface area contributed by atoms with Gasteiger partial charge in [-0.05, 0) is 6.92 Å². The minimum atomic E-state index is -0.460. The van der Waals surface area contributed by atoms with Crippen LogP contribution < -0.4 is 5.32 Å². The molecule has 120 valence electrons. The van der Waals surface area contributed by atoms with Crippen LogP contribution in [0.1, 0.15) is 28.9 Å². The van der Waals surface area contributed by atoms with Crippen LogP contribution in [0.25, 0.3) is 17.5 Å². The molecule has 2 heterocycles. The maximum atomic E-state index is 12.0. The van der Waals surface area contributed by atoms with Gasteiger partial charge in [0.1, 0.15) is 0 Å². The lowest BCUT2D eigenvalue weighted by molar-refractivity contribution is 0.0862. The number of carbonyl (C=O) groups excluding carboxylic acids is 1. The Hall–Kier alpha value is -2.25. The van der Waals surface area contributed by atoms with E-state index in [1.165, 1.54) is 0 Å². The van der Waals surface area contributed by atoms with Crippen molar-refractivity contribution in [1.82, 2.24) is 20.4 Å². The molecule has 0 aliphatic heterocycles. The summed E-state index contributed by atoms with van der Waals surface area (Å²) in [7, 11) is 1.56. The second kappa shape index (κ2) is 6.47. The van der Waals surface area contributed by atoms with Crippen molar-refractivity contribution in [3.05, 3.63) is 34.4 Å². The van der Waals surface area contributed by atoms with Crippen LogP contribution in [-0.2, 0) is 11.2 Å². The zero-order valence-corrected chi connectivity index (χ0v) is 13.4. The first kappa shape index (κ1) is 15.6. The van der Waals surface area contributed by atoms with E-state index in [9.17, 15) is 4.79 Å². The molecule has 2 aromatic rings. The monoisotopic (exact) mass is 334 g/mol. The molecule has 0 radical (unpaired) electrons. The molecule has 0 saturated carbocycles. The normalized spacial score (nSPS) is 13.9. The van der Waals surface area contributed by atoms with E-state index in [2.05, 4.69) is 20.4 Å². The zero-order chi connectivity index (χ0) is 16.4. The van der Waals surface area contributed by atoms with Gasteiger partial charge in [-0.2, -0.15) is 4.98 Å². The minimum Gasteiger partial charge on any atom is -0.383 e. The second-order valence-corrected chi connectivity index (χ2v) is 5.58. The number of hydrogen-bond donors (Lipinski definition) is 1. The molecule has 2 aromatic heterocycles. The van der Waals surface area contributed by atoms with Crippen molar-refractivity contribution in [1.29, 1.82) is 0 Å². The van der Waals surface area contributed by atoms with Gasteiger partial charge in [0.15, 0.2) is 0 Å². The number of allylic oxidation sites excluding steroid dienone is 1. The van der Waals surface area contributed by atoms with Crippen LogP contribution >= 0.6 is 11.6 Å². The summed E-state index contributed by atoms with van der Waals surface area (Å²) < 4.78 is 9.98. The van der Waals surface area contributed by atoms with E-state index in [1.807, 2.05) is 19.1 Å². The highest BCUT2D eigenvalue weighted by atomic mass is 35.5. The van der Waals surface area contributed by atoms with Gasteiger partial charge < -0.3 is 14.6 Å². The van der Waals surface area contributed by atoms with E-state index in [-0.39, 0.29) is 17.8 Å². The van der Waals surface area contributed by atoms with Gasteiger partial charge in [-0.1, -0.05) is 28.9 Å². The first-order chi connectivity index (χ1) is 11.1.